The maximum atomic E-state index is 11.5. The monoisotopic (exact) mass is 278 g/mol. The molecule has 18 heavy (non-hydrogen) atoms. The van der Waals surface area contributed by atoms with Gasteiger partial charge in [-0.2, -0.15) is 0 Å². The highest BCUT2D eigenvalue weighted by Crippen LogP contribution is 2.51. The number of Topliss-reactive ketones (excluding diaryl/α,β-unsaturated/α-hetero) is 2. The zero-order chi connectivity index (χ0) is 13.1. The fraction of sp³-hybridized carbons (Fsp3) is 0.286. The lowest BCUT2D eigenvalue weighted by molar-refractivity contribution is -0.119. The van der Waals surface area contributed by atoms with Crippen molar-refractivity contribution in [2.75, 3.05) is 5.75 Å². The molecule has 1 aromatic carbocycles. The fourth-order valence-corrected chi connectivity index (χ4v) is 5.03. The van der Waals surface area contributed by atoms with Crippen LogP contribution in [0.15, 0.2) is 40.1 Å². The number of allylic oxidation sites excluding steroid dienone is 1. The summed E-state index contributed by atoms with van der Waals surface area (Å²) in [6.07, 6.45) is 0. The van der Waals surface area contributed by atoms with E-state index in [9.17, 15) is 9.59 Å². The molecule has 1 fully saturated rings. The van der Waals surface area contributed by atoms with Gasteiger partial charge in [-0.15, -0.1) is 23.5 Å². The van der Waals surface area contributed by atoms with Crippen molar-refractivity contribution in [1.29, 1.82) is 0 Å². The second kappa shape index (κ2) is 5.76. The van der Waals surface area contributed by atoms with Crippen LogP contribution in [0.25, 0.3) is 0 Å². The van der Waals surface area contributed by atoms with Crippen LogP contribution in [0.4, 0.5) is 0 Å². The molecule has 0 aliphatic carbocycles. The number of thioether (sulfide) groups is 2. The van der Waals surface area contributed by atoms with E-state index in [1.807, 2.05) is 18.2 Å². The van der Waals surface area contributed by atoms with Gasteiger partial charge in [0.25, 0.3) is 0 Å². The Kier molecular flexibility index (Phi) is 4.30. The van der Waals surface area contributed by atoms with Gasteiger partial charge in [0.2, 0.25) is 0 Å². The molecule has 1 saturated heterocycles. The highest BCUT2D eigenvalue weighted by Gasteiger charge is 2.28. The molecule has 0 amide bonds. The first-order valence-electron chi connectivity index (χ1n) is 5.70. The topological polar surface area (TPSA) is 34.1 Å². The van der Waals surface area contributed by atoms with Crippen LogP contribution in [0.1, 0.15) is 24.7 Å². The van der Waals surface area contributed by atoms with Crippen molar-refractivity contribution in [3.63, 3.8) is 0 Å². The van der Waals surface area contributed by atoms with Crippen LogP contribution in [-0.2, 0) is 9.59 Å². The lowest BCUT2D eigenvalue weighted by Crippen LogP contribution is -2.07. The van der Waals surface area contributed by atoms with E-state index >= 15 is 0 Å². The molecule has 94 valence electrons. The second-order valence-electron chi connectivity index (χ2n) is 4.10. The zero-order valence-electron chi connectivity index (χ0n) is 10.3. The van der Waals surface area contributed by atoms with Crippen LogP contribution in [0.5, 0.6) is 0 Å². The fourth-order valence-electron chi connectivity index (χ4n) is 1.85. The van der Waals surface area contributed by atoms with Gasteiger partial charge in [0.05, 0.1) is 9.81 Å². The number of carbonyl (C=O) groups is 2. The third-order valence-corrected chi connectivity index (χ3v) is 5.66. The minimum atomic E-state index is -0.133. The normalized spacial score (nSPS) is 18.8. The van der Waals surface area contributed by atoms with Crippen LogP contribution in [0, 0.1) is 0 Å². The lowest BCUT2D eigenvalue weighted by atomic mass is 10.1. The second-order valence-corrected chi connectivity index (χ2v) is 6.60. The van der Waals surface area contributed by atoms with E-state index in [2.05, 4.69) is 12.1 Å². The quantitative estimate of drug-likeness (QED) is 0.480. The van der Waals surface area contributed by atoms with E-state index in [0.29, 0.717) is 10.8 Å². The van der Waals surface area contributed by atoms with Crippen LogP contribution < -0.4 is 0 Å². The van der Waals surface area contributed by atoms with Crippen molar-refractivity contribution in [2.45, 2.75) is 19.1 Å². The van der Waals surface area contributed by atoms with Gasteiger partial charge in [0.15, 0.2) is 11.6 Å². The van der Waals surface area contributed by atoms with Crippen molar-refractivity contribution in [1.82, 2.24) is 0 Å². The lowest BCUT2D eigenvalue weighted by Gasteiger charge is -2.07. The molecule has 0 unspecified atom stereocenters. The molecule has 1 atom stereocenters. The molecule has 2 rings (SSSR count). The van der Waals surface area contributed by atoms with E-state index < -0.39 is 0 Å². The molecular formula is C14H14O2S2. The Balaban J connectivity index is 2.25. The van der Waals surface area contributed by atoms with Gasteiger partial charge in [0, 0.05) is 11.0 Å². The molecule has 2 nitrogen and oxygen atoms in total. The van der Waals surface area contributed by atoms with E-state index in [0.717, 1.165) is 9.99 Å². The molecule has 4 heteroatoms. The van der Waals surface area contributed by atoms with Gasteiger partial charge in [-0.3, -0.25) is 9.59 Å². The van der Waals surface area contributed by atoms with Gasteiger partial charge in [-0.1, -0.05) is 30.3 Å². The van der Waals surface area contributed by atoms with E-state index in [-0.39, 0.29) is 11.6 Å². The van der Waals surface area contributed by atoms with Crippen molar-refractivity contribution in [3.05, 3.63) is 45.7 Å². The van der Waals surface area contributed by atoms with Gasteiger partial charge in [0.1, 0.15) is 0 Å². The first-order valence-corrected chi connectivity index (χ1v) is 7.56. The summed E-state index contributed by atoms with van der Waals surface area (Å²) in [5.41, 5.74) is 1.61. The summed E-state index contributed by atoms with van der Waals surface area (Å²) < 4.78 is 0.879. The molecule has 0 spiro atoms. The first-order chi connectivity index (χ1) is 8.59. The molecule has 1 aliphatic rings. The van der Waals surface area contributed by atoms with Gasteiger partial charge >= 0.3 is 0 Å². The van der Waals surface area contributed by atoms with Crippen LogP contribution in [-0.4, -0.2) is 17.3 Å². The van der Waals surface area contributed by atoms with E-state index in [1.165, 1.54) is 19.4 Å². The summed E-state index contributed by atoms with van der Waals surface area (Å²) in [6.45, 7) is 2.92. The average Bonchev–Trinajstić information content (AvgIpc) is 2.78. The predicted molar refractivity (Wildman–Crippen MR) is 77.6 cm³/mol. The molecule has 0 saturated carbocycles. The van der Waals surface area contributed by atoms with E-state index in [4.69, 9.17) is 0 Å². The highest BCUT2D eigenvalue weighted by atomic mass is 32.2. The third-order valence-electron chi connectivity index (χ3n) is 2.69. The Labute approximate surface area is 115 Å². The SMILES string of the molecule is CC(=O)C(C(C)=O)=C1SC[C@@H](c2ccccc2)S1. The van der Waals surface area contributed by atoms with Crippen molar-refractivity contribution >= 4 is 35.1 Å². The first kappa shape index (κ1) is 13.4. The molecule has 0 radical (unpaired) electrons. The number of ketones is 2. The zero-order valence-corrected chi connectivity index (χ0v) is 11.9. The Morgan fingerprint density at radius 3 is 2.28 bits per heavy atom. The third kappa shape index (κ3) is 2.87. The smallest absolute Gasteiger partial charge is 0.165 e. The Morgan fingerprint density at radius 2 is 1.72 bits per heavy atom. The molecule has 1 aliphatic heterocycles. The number of hydrogen-bond acceptors (Lipinski definition) is 4. The van der Waals surface area contributed by atoms with Crippen LogP contribution >= 0.6 is 23.5 Å². The summed E-state index contributed by atoms with van der Waals surface area (Å²) in [5, 5.41) is 0.333. The average molecular weight is 278 g/mol. The standard InChI is InChI=1S/C14H14O2S2/c1-9(15)13(10(2)16)14-17-8-12(18-14)11-6-4-3-5-7-11/h3-7,12H,8H2,1-2H3/t12-/m0/s1. The summed E-state index contributed by atoms with van der Waals surface area (Å²) >= 11 is 3.24. The minimum absolute atomic E-state index is 0.133. The predicted octanol–water partition coefficient (Wildman–Crippen LogP) is 3.60. The van der Waals surface area contributed by atoms with Gasteiger partial charge in [-0.05, 0) is 19.4 Å². The Bertz CT molecular complexity index is 490. The van der Waals surface area contributed by atoms with Crippen molar-refractivity contribution in [3.8, 4) is 0 Å². The highest BCUT2D eigenvalue weighted by molar-refractivity contribution is 8.25. The van der Waals surface area contributed by atoms with E-state index in [1.54, 1.807) is 23.5 Å². The van der Waals surface area contributed by atoms with Crippen LogP contribution in [0.2, 0.25) is 0 Å². The van der Waals surface area contributed by atoms with Gasteiger partial charge in [-0.25, -0.2) is 0 Å². The Hall–Kier alpha value is -1.00. The summed E-state index contributed by atoms with van der Waals surface area (Å²) in [6, 6.07) is 10.2. The Morgan fingerprint density at radius 1 is 1.11 bits per heavy atom. The number of rotatable bonds is 3. The van der Waals surface area contributed by atoms with Gasteiger partial charge < -0.3 is 0 Å². The number of benzene rings is 1. The molecule has 0 bridgehead atoms. The van der Waals surface area contributed by atoms with Crippen molar-refractivity contribution < 1.29 is 9.59 Å². The molecule has 0 N–H and O–H groups in total. The number of carbonyl (C=O) groups excluding carboxylic acids is 2. The summed E-state index contributed by atoms with van der Waals surface area (Å²) in [4.78, 5) is 23.0. The maximum absolute atomic E-state index is 11.5. The molecular weight excluding hydrogens is 264 g/mol. The summed E-state index contributed by atoms with van der Waals surface area (Å²) in [7, 11) is 0. The summed E-state index contributed by atoms with van der Waals surface area (Å²) in [5.74, 6) is 0.645. The molecule has 1 aromatic rings. The molecule has 0 aromatic heterocycles. The number of hydrogen-bond donors (Lipinski definition) is 0. The largest absolute Gasteiger partial charge is 0.294 e. The van der Waals surface area contributed by atoms with Crippen molar-refractivity contribution in [2.24, 2.45) is 0 Å². The van der Waals surface area contributed by atoms with Crippen LogP contribution in [0.3, 0.4) is 0 Å². The maximum Gasteiger partial charge on any atom is 0.165 e. The molecule has 1 heterocycles. The minimum Gasteiger partial charge on any atom is -0.294 e.